The molecule has 1 amide bonds. The summed E-state index contributed by atoms with van der Waals surface area (Å²) in [6, 6.07) is 3.45. The van der Waals surface area contributed by atoms with Crippen molar-refractivity contribution in [3.05, 3.63) is 34.2 Å². The fourth-order valence-electron chi connectivity index (χ4n) is 1.18. The molecule has 17 heavy (non-hydrogen) atoms. The number of amides is 1. The number of carbonyl (C=O) groups excluding carboxylic acids is 2. The molecule has 6 nitrogen and oxygen atoms in total. The molecule has 1 aromatic heterocycles. The van der Waals surface area contributed by atoms with Gasteiger partial charge in [-0.25, -0.2) is 4.79 Å². The van der Waals surface area contributed by atoms with E-state index in [1.54, 1.807) is 6.92 Å². The highest BCUT2D eigenvalue weighted by atomic mass is 16.5. The maximum absolute atomic E-state index is 11.6. The standard InChI is InChI=1S/C11H14N2O4/c1-3-17-11(16)7(2)12-10(15)8-5-4-6-9(14)13-8/h4-7H,3H2,1-2H3,(H,12,15)(H,13,14). The first-order valence-electron chi connectivity index (χ1n) is 5.21. The van der Waals surface area contributed by atoms with Gasteiger partial charge in [-0.05, 0) is 19.9 Å². The second-order valence-corrected chi connectivity index (χ2v) is 3.38. The molecule has 0 aliphatic carbocycles. The van der Waals surface area contributed by atoms with Crippen LogP contribution in [-0.2, 0) is 9.53 Å². The van der Waals surface area contributed by atoms with Crippen LogP contribution in [0.5, 0.6) is 0 Å². The molecule has 0 spiro atoms. The monoisotopic (exact) mass is 238 g/mol. The predicted molar refractivity (Wildman–Crippen MR) is 60.6 cm³/mol. The molecule has 0 aliphatic heterocycles. The van der Waals surface area contributed by atoms with Crippen molar-refractivity contribution < 1.29 is 14.3 Å². The fourth-order valence-corrected chi connectivity index (χ4v) is 1.18. The van der Waals surface area contributed by atoms with Crippen molar-refractivity contribution in [2.24, 2.45) is 0 Å². The number of esters is 1. The lowest BCUT2D eigenvalue weighted by Gasteiger charge is -2.12. The van der Waals surface area contributed by atoms with Gasteiger partial charge >= 0.3 is 5.97 Å². The van der Waals surface area contributed by atoms with E-state index in [0.717, 1.165) is 0 Å². The lowest BCUT2D eigenvalue weighted by atomic mass is 10.3. The molecule has 0 radical (unpaired) electrons. The molecule has 2 N–H and O–H groups in total. The lowest BCUT2D eigenvalue weighted by molar-refractivity contribution is -0.144. The van der Waals surface area contributed by atoms with Gasteiger partial charge in [-0.3, -0.25) is 9.59 Å². The maximum atomic E-state index is 11.6. The SMILES string of the molecule is CCOC(=O)C(C)NC(=O)c1cccc(=O)[nH]1. The van der Waals surface area contributed by atoms with Gasteiger partial charge in [-0.2, -0.15) is 0 Å². The Bertz CT molecular complexity index is 467. The van der Waals surface area contributed by atoms with E-state index >= 15 is 0 Å². The highest BCUT2D eigenvalue weighted by Gasteiger charge is 2.17. The summed E-state index contributed by atoms with van der Waals surface area (Å²) in [6.45, 7) is 3.44. The molecular formula is C11H14N2O4. The minimum absolute atomic E-state index is 0.105. The fraction of sp³-hybridized carbons (Fsp3) is 0.364. The van der Waals surface area contributed by atoms with Gasteiger partial charge in [0, 0.05) is 6.07 Å². The van der Waals surface area contributed by atoms with Crippen LogP contribution in [0.3, 0.4) is 0 Å². The zero-order chi connectivity index (χ0) is 12.8. The zero-order valence-electron chi connectivity index (χ0n) is 9.65. The van der Waals surface area contributed by atoms with Gasteiger partial charge in [-0.1, -0.05) is 6.07 Å². The van der Waals surface area contributed by atoms with Crippen LogP contribution in [0.15, 0.2) is 23.0 Å². The molecule has 92 valence electrons. The Balaban J connectivity index is 2.66. The molecular weight excluding hydrogens is 224 g/mol. The Morgan fingerprint density at radius 2 is 2.18 bits per heavy atom. The number of pyridine rings is 1. The topological polar surface area (TPSA) is 88.3 Å². The van der Waals surface area contributed by atoms with Crippen molar-refractivity contribution in [3.63, 3.8) is 0 Å². The van der Waals surface area contributed by atoms with Crippen molar-refractivity contribution in [2.45, 2.75) is 19.9 Å². The molecule has 1 aromatic rings. The van der Waals surface area contributed by atoms with Crippen molar-refractivity contribution in [1.29, 1.82) is 0 Å². The number of hydrogen-bond donors (Lipinski definition) is 2. The molecule has 1 unspecified atom stereocenters. The van der Waals surface area contributed by atoms with Crippen molar-refractivity contribution in [2.75, 3.05) is 6.61 Å². The van der Waals surface area contributed by atoms with E-state index in [9.17, 15) is 14.4 Å². The third-order valence-electron chi connectivity index (χ3n) is 2.00. The molecule has 0 bridgehead atoms. The van der Waals surface area contributed by atoms with Gasteiger partial charge in [0.05, 0.1) is 6.61 Å². The number of aromatic nitrogens is 1. The Morgan fingerprint density at radius 3 is 2.76 bits per heavy atom. The van der Waals surface area contributed by atoms with Crippen LogP contribution in [0.2, 0.25) is 0 Å². The smallest absolute Gasteiger partial charge is 0.328 e. The number of H-pyrrole nitrogens is 1. The predicted octanol–water partition coefficient (Wildman–Crippen LogP) is 0.0563. The average molecular weight is 238 g/mol. The first kappa shape index (κ1) is 13.0. The minimum Gasteiger partial charge on any atom is -0.464 e. The van der Waals surface area contributed by atoms with E-state index in [4.69, 9.17) is 4.74 Å². The first-order valence-corrected chi connectivity index (χ1v) is 5.21. The van der Waals surface area contributed by atoms with E-state index in [-0.39, 0.29) is 17.9 Å². The van der Waals surface area contributed by atoms with Gasteiger partial charge in [0.2, 0.25) is 5.56 Å². The number of rotatable bonds is 4. The van der Waals surface area contributed by atoms with E-state index < -0.39 is 17.9 Å². The van der Waals surface area contributed by atoms with Crippen LogP contribution in [0.4, 0.5) is 0 Å². The molecule has 1 rings (SSSR count). The Hall–Kier alpha value is -2.11. The van der Waals surface area contributed by atoms with Gasteiger partial charge in [0.1, 0.15) is 11.7 Å². The summed E-state index contributed by atoms with van der Waals surface area (Å²) < 4.78 is 4.74. The van der Waals surface area contributed by atoms with E-state index in [1.165, 1.54) is 25.1 Å². The second kappa shape index (κ2) is 5.83. The third kappa shape index (κ3) is 3.75. The van der Waals surface area contributed by atoms with Crippen LogP contribution >= 0.6 is 0 Å². The van der Waals surface area contributed by atoms with Crippen molar-refractivity contribution >= 4 is 11.9 Å². The quantitative estimate of drug-likeness (QED) is 0.726. The number of hydrogen-bond acceptors (Lipinski definition) is 4. The van der Waals surface area contributed by atoms with Gasteiger partial charge in [0.25, 0.3) is 5.91 Å². The summed E-state index contributed by atoms with van der Waals surface area (Å²) >= 11 is 0. The number of nitrogens with one attached hydrogen (secondary N) is 2. The highest BCUT2D eigenvalue weighted by Crippen LogP contribution is 1.94. The normalized spacial score (nSPS) is 11.6. The molecule has 1 atom stereocenters. The first-order chi connectivity index (χ1) is 8.04. The van der Waals surface area contributed by atoms with Crippen LogP contribution in [-0.4, -0.2) is 29.5 Å². The summed E-state index contributed by atoms with van der Waals surface area (Å²) in [7, 11) is 0. The van der Waals surface area contributed by atoms with Gasteiger partial charge in [-0.15, -0.1) is 0 Å². The summed E-state index contributed by atoms with van der Waals surface area (Å²) in [5, 5.41) is 2.42. The molecule has 0 aliphatic rings. The third-order valence-corrected chi connectivity index (χ3v) is 2.00. The van der Waals surface area contributed by atoms with E-state index in [1.807, 2.05) is 0 Å². The van der Waals surface area contributed by atoms with Crippen LogP contribution in [0.1, 0.15) is 24.3 Å². The lowest BCUT2D eigenvalue weighted by Crippen LogP contribution is -2.40. The van der Waals surface area contributed by atoms with Crippen LogP contribution in [0.25, 0.3) is 0 Å². The van der Waals surface area contributed by atoms with Gasteiger partial charge < -0.3 is 15.0 Å². The molecule has 0 saturated heterocycles. The Labute approximate surface area is 98.0 Å². The molecule has 0 saturated carbocycles. The van der Waals surface area contributed by atoms with Gasteiger partial charge in [0.15, 0.2) is 0 Å². The van der Waals surface area contributed by atoms with Crippen molar-refractivity contribution in [3.8, 4) is 0 Å². The highest BCUT2D eigenvalue weighted by molar-refractivity contribution is 5.94. The zero-order valence-corrected chi connectivity index (χ0v) is 9.65. The molecule has 1 heterocycles. The Kier molecular flexibility index (Phi) is 4.45. The number of aromatic amines is 1. The number of carbonyl (C=O) groups is 2. The van der Waals surface area contributed by atoms with E-state index in [2.05, 4.69) is 10.3 Å². The minimum atomic E-state index is -0.758. The van der Waals surface area contributed by atoms with E-state index in [0.29, 0.717) is 0 Å². The number of ether oxygens (including phenoxy) is 1. The summed E-state index contributed by atoms with van der Waals surface area (Å²) in [4.78, 5) is 36.2. The summed E-state index contributed by atoms with van der Waals surface area (Å²) in [6.07, 6.45) is 0. The van der Waals surface area contributed by atoms with Crippen molar-refractivity contribution in [1.82, 2.24) is 10.3 Å². The Morgan fingerprint density at radius 1 is 1.47 bits per heavy atom. The van der Waals surface area contributed by atoms with Crippen LogP contribution in [0, 0.1) is 0 Å². The molecule has 0 aromatic carbocycles. The second-order valence-electron chi connectivity index (χ2n) is 3.38. The molecule has 6 heteroatoms. The largest absolute Gasteiger partial charge is 0.464 e. The average Bonchev–Trinajstić information content (AvgIpc) is 2.29. The summed E-state index contributed by atoms with van der Waals surface area (Å²) in [5.41, 5.74) is -0.268. The summed E-state index contributed by atoms with van der Waals surface area (Å²) in [5.74, 6) is -1.04. The van der Waals surface area contributed by atoms with Crippen LogP contribution < -0.4 is 10.9 Å². The maximum Gasteiger partial charge on any atom is 0.328 e. The molecule has 0 fully saturated rings.